The van der Waals surface area contributed by atoms with Crippen LogP contribution in [0.15, 0.2) is 32.8 Å². The number of aromatic nitrogens is 2. The Balaban J connectivity index is 2.04. The first-order valence-corrected chi connectivity index (χ1v) is 6.42. The number of rotatable bonds is 3. The summed E-state index contributed by atoms with van der Waals surface area (Å²) < 4.78 is 5.03. The Bertz CT molecular complexity index is 741. The number of thiazole rings is 1. The van der Waals surface area contributed by atoms with Crippen molar-refractivity contribution in [2.75, 3.05) is 6.54 Å². The summed E-state index contributed by atoms with van der Waals surface area (Å²) in [4.78, 5) is 18.2. The highest BCUT2D eigenvalue weighted by molar-refractivity contribution is 7.13. The van der Waals surface area contributed by atoms with Crippen molar-refractivity contribution in [2.45, 2.75) is 6.42 Å². The van der Waals surface area contributed by atoms with E-state index in [0.29, 0.717) is 17.6 Å². The van der Waals surface area contributed by atoms with Gasteiger partial charge in [-0.15, -0.1) is 11.3 Å². The highest BCUT2D eigenvalue weighted by Crippen LogP contribution is 2.26. The highest BCUT2D eigenvalue weighted by Gasteiger charge is 2.07. The van der Waals surface area contributed by atoms with Crippen LogP contribution in [0.5, 0.6) is 0 Å². The molecule has 3 aromatic rings. The van der Waals surface area contributed by atoms with Crippen LogP contribution >= 0.6 is 11.3 Å². The number of fused-ring (bicyclic) bond motifs is 1. The van der Waals surface area contributed by atoms with Gasteiger partial charge in [-0.3, -0.25) is 4.98 Å². The fourth-order valence-electron chi connectivity index (χ4n) is 1.78. The molecule has 0 radical (unpaired) electrons. The van der Waals surface area contributed by atoms with Crippen LogP contribution in [0.1, 0.15) is 5.69 Å². The smallest absolute Gasteiger partial charge is 0.408 e. The van der Waals surface area contributed by atoms with Crippen molar-refractivity contribution in [3.8, 4) is 10.6 Å². The summed E-state index contributed by atoms with van der Waals surface area (Å²) in [7, 11) is 0. The van der Waals surface area contributed by atoms with E-state index < -0.39 is 5.76 Å². The number of nitrogens with zero attached hydrogens (tertiary/aromatic N) is 1. The van der Waals surface area contributed by atoms with Gasteiger partial charge in [0.1, 0.15) is 5.01 Å². The third-order valence-corrected chi connectivity index (χ3v) is 3.56. The van der Waals surface area contributed by atoms with Crippen molar-refractivity contribution in [1.29, 1.82) is 0 Å². The van der Waals surface area contributed by atoms with Crippen molar-refractivity contribution >= 4 is 22.4 Å². The molecule has 0 aliphatic rings. The lowest BCUT2D eigenvalue weighted by Crippen LogP contribution is -2.02. The molecule has 0 aliphatic heterocycles. The zero-order valence-electron chi connectivity index (χ0n) is 9.47. The van der Waals surface area contributed by atoms with E-state index in [2.05, 4.69) is 9.97 Å². The van der Waals surface area contributed by atoms with Crippen molar-refractivity contribution in [2.24, 2.45) is 5.73 Å². The first-order valence-electron chi connectivity index (χ1n) is 5.54. The Kier molecular flexibility index (Phi) is 2.73. The summed E-state index contributed by atoms with van der Waals surface area (Å²) in [6, 6.07) is 5.55. The van der Waals surface area contributed by atoms with E-state index >= 15 is 0 Å². The molecular formula is C12H11N3O2S. The molecule has 0 amide bonds. The van der Waals surface area contributed by atoms with E-state index in [1.54, 1.807) is 11.3 Å². The Hall–Kier alpha value is -1.92. The van der Waals surface area contributed by atoms with Crippen molar-refractivity contribution in [3.05, 3.63) is 39.8 Å². The Morgan fingerprint density at radius 2 is 2.33 bits per heavy atom. The van der Waals surface area contributed by atoms with E-state index in [4.69, 9.17) is 10.2 Å². The molecule has 0 fully saturated rings. The topological polar surface area (TPSA) is 84.9 Å². The summed E-state index contributed by atoms with van der Waals surface area (Å²) in [6.07, 6.45) is 0.776. The van der Waals surface area contributed by atoms with Crippen molar-refractivity contribution in [1.82, 2.24) is 9.97 Å². The molecule has 0 aliphatic carbocycles. The maximum Gasteiger partial charge on any atom is 0.417 e. The number of hydrogen-bond acceptors (Lipinski definition) is 5. The molecule has 18 heavy (non-hydrogen) atoms. The van der Waals surface area contributed by atoms with Gasteiger partial charge in [-0.1, -0.05) is 0 Å². The monoisotopic (exact) mass is 261 g/mol. The van der Waals surface area contributed by atoms with Gasteiger partial charge in [-0.25, -0.2) is 9.78 Å². The van der Waals surface area contributed by atoms with Crippen LogP contribution in [-0.2, 0) is 6.42 Å². The minimum Gasteiger partial charge on any atom is -0.408 e. The van der Waals surface area contributed by atoms with Gasteiger partial charge in [0.25, 0.3) is 0 Å². The molecule has 2 aromatic heterocycles. The van der Waals surface area contributed by atoms with Crippen LogP contribution in [-0.4, -0.2) is 16.5 Å². The first kappa shape index (κ1) is 11.2. The summed E-state index contributed by atoms with van der Waals surface area (Å²) in [5, 5.41) is 2.91. The largest absolute Gasteiger partial charge is 0.417 e. The van der Waals surface area contributed by atoms with E-state index in [1.165, 1.54) is 0 Å². The SMILES string of the molecule is NCCc1csc(-c2ccc3[nH]c(=O)oc3c2)n1. The number of H-pyrrole nitrogens is 1. The molecule has 0 atom stereocenters. The van der Waals surface area contributed by atoms with Crippen molar-refractivity contribution in [3.63, 3.8) is 0 Å². The van der Waals surface area contributed by atoms with Crippen LogP contribution in [0.25, 0.3) is 21.7 Å². The predicted octanol–water partition coefficient (Wildman–Crippen LogP) is 1.75. The van der Waals surface area contributed by atoms with E-state index in [9.17, 15) is 4.79 Å². The van der Waals surface area contributed by atoms with Crippen LogP contribution < -0.4 is 11.5 Å². The number of hydrogen-bond donors (Lipinski definition) is 2. The fourth-order valence-corrected chi connectivity index (χ4v) is 2.63. The number of benzene rings is 1. The molecular weight excluding hydrogens is 250 g/mol. The summed E-state index contributed by atoms with van der Waals surface area (Å²) in [6.45, 7) is 0.592. The van der Waals surface area contributed by atoms with Gasteiger partial charge >= 0.3 is 5.76 Å². The molecule has 3 rings (SSSR count). The number of oxazole rings is 1. The quantitative estimate of drug-likeness (QED) is 0.752. The Labute approximate surface area is 106 Å². The molecule has 0 unspecified atom stereocenters. The standard InChI is InChI=1S/C12H11N3O2S/c13-4-3-8-6-18-11(14-8)7-1-2-9-10(5-7)17-12(16)15-9/h1-2,5-6H,3-4,13H2,(H,15,16). The Morgan fingerprint density at radius 3 is 3.17 bits per heavy atom. The third-order valence-electron chi connectivity index (χ3n) is 2.62. The Morgan fingerprint density at radius 1 is 1.44 bits per heavy atom. The lowest BCUT2D eigenvalue weighted by Gasteiger charge is -1.95. The zero-order chi connectivity index (χ0) is 12.5. The second-order valence-electron chi connectivity index (χ2n) is 3.91. The van der Waals surface area contributed by atoms with Gasteiger partial charge in [0, 0.05) is 17.4 Å². The highest BCUT2D eigenvalue weighted by atomic mass is 32.1. The third kappa shape index (κ3) is 1.96. The predicted molar refractivity (Wildman–Crippen MR) is 70.7 cm³/mol. The summed E-state index contributed by atoms with van der Waals surface area (Å²) >= 11 is 1.56. The lowest BCUT2D eigenvalue weighted by molar-refractivity contribution is 0.555. The van der Waals surface area contributed by atoms with E-state index in [0.717, 1.165) is 22.7 Å². The molecule has 2 heterocycles. The first-order chi connectivity index (χ1) is 8.76. The van der Waals surface area contributed by atoms with Gasteiger partial charge in [-0.2, -0.15) is 0 Å². The lowest BCUT2D eigenvalue weighted by atomic mass is 10.2. The molecule has 5 nitrogen and oxygen atoms in total. The average molecular weight is 261 g/mol. The molecule has 0 spiro atoms. The number of nitrogens with two attached hydrogens (primary N) is 1. The number of aromatic amines is 1. The maximum absolute atomic E-state index is 11.1. The maximum atomic E-state index is 11.1. The van der Waals surface area contributed by atoms with Gasteiger partial charge in [0.05, 0.1) is 11.2 Å². The molecule has 0 saturated carbocycles. The van der Waals surface area contributed by atoms with Crippen molar-refractivity contribution < 1.29 is 4.42 Å². The van der Waals surface area contributed by atoms with Crippen LogP contribution in [0, 0.1) is 0 Å². The van der Waals surface area contributed by atoms with Crippen LogP contribution in [0.3, 0.4) is 0 Å². The fraction of sp³-hybridized carbons (Fsp3) is 0.167. The van der Waals surface area contributed by atoms with Gasteiger partial charge < -0.3 is 10.2 Å². The average Bonchev–Trinajstić information content (AvgIpc) is 2.93. The molecule has 3 N–H and O–H groups in total. The number of nitrogens with one attached hydrogen (secondary N) is 1. The van der Waals surface area contributed by atoms with E-state index in [1.807, 2.05) is 23.6 Å². The molecule has 92 valence electrons. The van der Waals surface area contributed by atoms with Gasteiger partial charge in [0.15, 0.2) is 5.58 Å². The van der Waals surface area contributed by atoms with Crippen LogP contribution in [0.4, 0.5) is 0 Å². The molecule has 0 saturated heterocycles. The minimum atomic E-state index is -0.440. The minimum absolute atomic E-state index is 0.440. The second-order valence-corrected chi connectivity index (χ2v) is 4.77. The van der Waals surface area contributed by atoms with E-state index in [-0.39, 0.29) is 0 Å². The molecule has 6 heteroatoms. The normalized spacial score (nSPS) is 11.2. The van der Waals surface area contributed by atoms with Gasteiger partial charge in [-0.05, 0) is 24.7 Å². The molecule has 1 aromatic carbocycles. The molecule has 0 bridgehead atoms. The second kappa shape index (κ2) is 4.40. The van der Waals surface area contributed by atoms with Crippen LogP contribution in [0.2, 0.25) is 0 Å². The van der Waals surface area contributed by atoms with Gasteiger partial charge in [0.2, 0.25) is 0 Å². The summed E-state index contributed by atoms with van der Waals surface area (Å²) in [5.41, 5.74) is 8.68. The summed E-state index contributed by atoms with van der Waals surface area (Å²) in [5.74, 6) is -0.440. The zero-order valence-corrected chi connectivity index (χ0v) is 10.3.